The Balaban J connectivity index is 2.39. The van der Waals surface area contributed by atoms with Crippen LogP contribution in [0.15, 0.2) is 22.7 Å². The van der Waals surface area contributed by atoms with Crippen LogP contribution in [0, 0.1) is 0 Å². The zero-order valence-electron chi connectivity index (χ0n) is 9.85. The minimum atomic E-state index is -1.02. The summed E-state index contributed by atoms with van der Waals surface area (Å²) in [6.45, 7) is 0.637. The van der Waals surface area contributed by atoms with Gasteiger partial charge in [0.2, 0.25) is 0 Å². The van der Waals surface area contributed by atoms with Gasteiger partial charge < -0.3 is 20.3 Å². The van der Waals surface area contributed by atoms with Gasteiger partial charge in [0.1, 0.15) is 11.8 Å². The van der Waals surface area contributed by atoms with Crippen LogP contribution >= 0.6 is 15.9 Å². The fraction of sp³-hybridized carbons (Fsp3) is 0.417. The molecule has 1 unspecified atom stereocenters. The fourth-order valence-electron chi connectivity index (χ4n) is 2.06. The Hall–Kier alpha value is -1.11. The number of hydrogen-bond donors (Lipinski definition) is 2. The van der Waals surface area contributed by atoms with Gasteiger partial charge in [-0.3, -0.25) is 4.79 Å². The molecule has 1 saturated heterocycles. The summed E-state index contributed by atoms with van der Waals surface area (Å²) in [5, 5.41) is 9.10. The lowest BCUT2D eigenvalue weighted by Gasteiger charge is -2.44. The van der Waals surface area contributed by atoms with Gasteiger partial charge in [-0.05, 0) is 33.6 Å². The standard InChI is InChI=1S/C12H14BrNO4/c1-17-9-3-2-7(4-8(9)13)12(5-18-6-12)10(14)11(15)16/h2-4,10H,5-6,14H2,1H3,(H,15,16). The van der Waals surface area contributed by atoms with Crippen molar-refractivity contribution in [2.75, 3.05) is 20.3 Å². The molecule has 0 bridgehead atoms. The average molecular weight is 316 g/mol. The molecule has 18 heavy (non-hydrogen) atoms. The largest absolute Gasteiger partial charge is 0.496 e. The quantitative estimate of drug-likeness (QED) is 0.870. The van der Waals surface area contributed by atoms with E-state index >= 15 is 0 Å². The monoisotopic (exact) mass is 315 g/mol. The van der Waals surface area contributed by atoms with Crippen LogP contribution in [0.3, 0.4) is 0 Å². The normalized spacial score (nSPS) is 18.8. The molecule has 1 aliphatic rings. The molecule has 1 heterocycles. The van der Waals surface area contributed by atoms with Gasteiger partial charge in [0.15, 0.2) is 0 Å². The first-order valence-electron chi connectivity index (χ1n) is 5.41. The zero-order valence-corrected chi connectivity index (χ0v) is 11.4. The second-order valence-corrected chi connectivity index (χ2v) is 5.17. The summed E-state index contributed by atoms with van der Waals surface area (Å²) in [6.07, 6.45) is 0. The smallest absolute Gasteiger partial charge is 0.321 e. The number of hydrogen-bond acceptors (Lipinski definition) is 4. The highest BCUT2D eigenvalue weighted by Crippen LogP contribution is 2.38. The summed E-state index contributed by atoms with van der Waals surface area (Å²) in [7, 11) is 1.57. The molecule has 1 aliphatic heterocycles. The van der Waals surface area contributed by atoms with Crippen molar-refractivity contribution < 1.29 is 19.4 Å². The number of halogens is 1. The maximum atomic E-state index is 11.1. The summed E-state index contributed by atoms with van der Waals surface area (Å²) in [5.41, 5.74) is 5.97. The Morgan fingerprint density at radius 3 is 2.67 bits per heavy atom. The third kappa shape index (κ3) is 2.00. The summed E-state index contributed by atoms with van der Waals surface area (Å²) in [6, 6.07) is 4.47. The van der Waals surface area contributed by atoms with Gasteiger partial charge in [-0.25, -0.2) is 0 Å². The number of methoxy groups -OCH3 is 1. The van der Waals surface area contributed by atoms with E-state index in [-0.39, 0.29) is 0 Å². The third-order valence-corrected chi connectivity index (χ3v) is 3.93. The van der Waals surface area contributed by atoms with E-state index in [1.807, 2.05) is 12.1 Å². The van der Waals surface area contributed by atoms with Crippen LogP contribution in [-0.4, -0.2) is 37.4 Å². The van der Waals surface area contributed by atoms with Gasteiger partial charge >= 0.3 is 5.97 Å². The van der Waals surface area contributed by atoms with Gasteiger partial charge in [0.25, 0.3) is 0 Å². The minimum absolute atomic E-state index is 0.319. The Morgan fingerprint density at radius 1 is 1.61 bits per heavy atom. The number of ether oxygens (including phenoxy) is 2. The number of aliphatic carboxylic acids is 1. The molecule has 1 aromatic rings. The Bertz CT molecular complexity index is 473. The molecule has 1 aromatic carbocycles. The second kappa shape index (κ2) is 4.87. The Morgan fingerprint density at radius 2 is 2.28 bits per heavy atom. The lowest BCUT2D eigenvalue weighted by Crippen LogP contribution is -2.61. The minimum Gasteiger partial charge on any atom is -0.496 e. The molecule has 0 aliphatic carbocycles. The van der Waals surface area contributed by atoms with Crippen molar-refractivity contribution in [3.63, 3.8) is 0 Å². The average Bonchev–Trinajstić information content (AvgIpc) is 2.27. The number of carboxylic acid groups (broad SMARTS) is 1. The summed E-state index contributed by atoms with van der Waals surface area (Å²) < 4.78 is 11.1. The van der Waals surface area contributed by atoms with Crippen LogP contribution in [-0.2, 0) is 14.9 Å². The predicted octanol–water partition coefficient (Wildman–Crippen LogP) is 1.14. The van der Waals surface area contributed by atoms with Crippen molar-refractivity contribution in [3.05, 3.63) is 28.2 Å². The summed E-state index contributed by atoms with van der Waals surface area (Å²) in [5.74, 6) is -0.330. The van der Waals surface area contributed by atoms with Gasteiger partial charge in [-0.2, -0.15) is 0 Å². The Labute approximate surface area is 113 Å². The molecule has 0 saturated carbocycles. The van der Waals surface area contributed by atoms with Crippen molar-refractivity contribution >= 4 is 21.9 Å². The van der Waals surface area contributed by atoms with Crippen molar-refractivity contribution in [2.45, 2.75) is 11.5 Å². The van der Waals surface area contributed by atoms with Gasteiger partial charge in [0.05, 0.1) is 30.2 Å². The number of benzene rings is 1. The van der Waals surface area contributed by atoms with E-state index < -0.39 is 17.4 Å². The first-order valence-corrected chi connectivity index (χ1v) is 6.21. The lowest BCUT2D eigenvalue weighted by atomic mass is 9.72. The fourth-order valence-corrected chi connectivity index (χ4v) is 2.60. The van der Waals surface area contributed by atoms with E-state index in [2.05, 4.69) is 15.9 Å². The van der Waals surface area contributed by atoms with Gasteiger partial charge in [-0.15, -0.1) is 0 Å². The Kier molecular flexibility index (Phi) is 3.61. The molecule has 2 rings (SSSR count). The van der Waals surface area contributed by atoms with E-state index in [0.717, 1.165) is 10.0 Å². The molecule has 0 spiro atoms. The third-order valence-electron chi connectivity index (χ3n) is 3.31. The van der Waals surface area contributed by atoms with E-state index in [0.29, 0.717) is 19.0 Å². The first-order chi connectivity index (χ1) is 8.51. The van der Waals surface area contributed by atoms with Crippen molar-refractivity contribution in [1.29, 1.82) is 0 Å². The van der Waals surface area contributed by atoms with Crippen LogP contribution in [0.25, 0.3) is 0 Å². The van der Waals surface area contributed by atoms with Crippen molar-refractivity contribution in [1.82, 2.24) is 0 Å². The summed E-state index contributed by atoms with van der Waals surface area (Å²) >= 11 is 3.39. The number of nitrogens with two attached hydrogens (primary N) is 1. The topological polar surface area (TPSA) is 81.8 Å². The van der Waals surface area contributed by atoms with Crippen LogP contribution in [0.4, 0.5) is 0 Å². The highest BCUT2D eigenvalue weighted by molar-refractivity contribution is 9.10. The molecule has 6 heteroatoms. The molecule has 5 nitrogen and oxygen atoms in total. The van der Waals surface area contributed by atoms with Crippen LogP contribution in [0.1, 0.15) is 5.56 Å². The highest BCUT2D eigenvalue weighted by Gasteiger charge is 2.49. The molecule has 1 fully saturated rings. The molecule has 0 amide bonds. The summed E-state index contributed by atoms with van der Waals surface area (Å²) in [4.78, 5) is 11.1. The molecule has 0 aromatic heterocycles. The maximum Gasteiger partial charge on any atom is 0.321 e. The van der Waals surface area contributed by atoms with Crippen LogP contribution in [0.5, 0.6) is 5.75 Å². The van der Waals surface area contributed by atoms with Gasteiger partial charge in [0, 0.05) is 0 Å². The molecular weight excluding hydrogens is 302 g/mol. The maximum absolute atomic E-state index is 11.1. The van der Waals surface area contributed by atoms with Gasteiger partial charge in [-0.1, -0.05) is 6.07 Å². The van der Waals surface area contributed by atoms with Crippen molar-refractivity contribution in [2.24, 2.45) is 5.73 Å². The van der Waals surface area contributed by atoms with E-state index in [1.165, 1.54) is 0 Å². The molecule has 98 valence electrons. The first kappa shape index (κ1) is 13.3. The predicted molar refractivity (Wildman–Crippen MR) is 68.8 cm³/mol. The number of carboxylic acids is 1. The second-order valence-electron chi connectivity index (χ2n) is 4.31. The lowest BCUT2D eigenvalue weighted by molar-refractivity contribution is -0.148. The van der Waals surface area contributed by atoms with Crippen molar-refractivity contribution in [3.8, 4) is 5.75 Å². The molecular formula is C12H14BrNO4. The SMILES string of the molecule is COc1ccc(C2(C(N)C(=O)O)COC2)cc1Br. The van der Waals surface area contributed by atoms with E-state index in [1.54, 1.807) is 13.2 Å². The molecule has 0 radical (unpaired) electrons. The van der Waals surface area contributed by atoms with E-state index in [4.69, 9.17) is 20.3 Å². The number of rotatable bonds is 4. The highest BCUT2D eigenvalue weighted by atomic mass is 79.9. The number of carbonyl (C=O) groups is 1. The van der Waals surface area contributed by atoms with E-state index in [9.17, 15) is 4.79 Å². The molecule has 3 N–H and O–H groups in total. The zero-order chi connectivity index (χ0) is 13.3. The van der Waals surface area contributed by atoms with Crippen LogP contribution < -0.4 is 10.5 Å². The molecule has 1 atom stereocenters. The van der Waals surface area contributed by atoms with Crippen LogP contribution in [0.2, 0.25) is 0 Å².